The molecule has 0 bridgehead atoms. The van der Waals surface area contributed by atoms with Gasteiger partial charge in [-0.15, -0.1) is 0 Å². The van der Waals surface area contributed by atoms with Crippen LogP contribution in [0.3, 0.4) is 0 Å². The summed E-state index contributed by atoms with van der Waals surface area (Å²) in [5.74, 6) is 0.0680. The van der Waals surface area contributed by atoms with Crippen LogP contribution in [0.4, 0.5) is 0 Å². The summed E-state index contributed by atoms with van der Waals surface area (Å²) in [6.07, 6.45) is 0. The summed E-state index contributed by atoms with van der Waals surface area (Å²) in [6.45, 7) is -0.134. The highest BCUT2D eigenvalue weighted by Crippen LogP contribution is 2.14. The lowest BCUT2D eigenvalue weighted by atomic mass is 10.0. The number of hydrogen-bond acceptors (Lipinski definition) is 5. The molecule has 0 saturated heterocycles. The summed E-state index contributed by atoms with van der Waals surface area (Å²) >= 11 is 1.51. The van der Waals surface area contributed by atoms with E-state index < -0.39 is 17.9 Å². The Kier molecular flexibility index (Phi) is 8.80. The first kappa shape index (κ1) is 23.8. The molecule has 0 unspecified atom stereocenters. The van der Waals surface area contributed by atoms with E-state index in [1.165, 1.54) is 11.8 Å². The molecule has 0 aliphatic rings. The first-order valence-corrected chi connectivity index (χ1v) is 11.5. The van der Waals surface area contributed by atoms with Crippen LogP contribution in [0, 0.1) is 11.3 Å². The van der Waals surface area contributed by atoms with Crippen molar-refractivity contribution in [2.45, 2.75) is 11.8 Å². The van der Waals surface area contributed by atoms with Crippen LogP contribution in [0.2, 0.25) is 0 Å². The Bertz CT molecular complexity index is 1130. The molecule has 0 aliphatic carbocycles. The predicted molar refractivity (Wildman–Crippen MR) is 129 cm³/mol. The van der Waals surface area contributed by atoms with E-state index in [1.807, 2.05) is 42.5 Å². The van der Waals surface area contributed by atoms with Crippen molar-refractivity contribution in [3.8, 4) is 6.07 Å². The molecule has 3 rings (SSSR count). The van der Waals surface area contributed by atoms with E-state index in [2.05, 4.69) is 10.6 Å². The van der Waals surface area contributed by atoms with Crippen molar-refractivity contribution in [1.82, 2.24) is 10.6 Å². The summed E-state index contributed by atoms with van der Waals surface area (Å²) in [5.41, 5.74) is 2.49. The highest BCUT2D eigenvalue weighted by Gasteiger charge is 2.21. The number of rotatable bonds is 10. The number of nitrogens with one attached hydrogen (secondary N) is 2. The zero-order valence-electron chi connectivity index (χ0n) is 17.9. The van der Waals surface area contributed by atoms with E-state index in [9.17, 15) is 14.4 Å². The summed E-state index contributed by atoms with van der Waals surface area (Å²) in [7, 11) is 0. The number of thioether (sulfide) groups is 1. The lowest BCUT2D eigenvalue weighted by Gasteiger charge is -2.18. The maximum Gasteiger partial charge on any atom is 0.251 e. The summed E-state index contributed by atoms with van der Waals surface area (Å²) in [5, 5.41) is 14.0. The van der Waals surface area contributed by atoms with Crippen molar-refractivity contribution in [2.24, 2.45) is 0 Å². The molecule has 2 N–H and O–H groups in total. The molecule has 0 radical (unpaired) electrons. The number of hydrogen-bond donors (Lipinski definition) is 2. The van der Waals surface area contributed by atoms with Crippen LogP contribution in [0.5, 0.6) is 0 Å². The second kappa shape index (κ2) is 12.2. The Hall–Kier alpha value is -3.89. The lowest BCUT2D eigenvalue weighted by molar-refractivity contribution is -0.122. The third-order valence-electron chi connectivity index (χ3n) is 4.80. The van der Waals surface area contributed by atoms with Crippen molar-refractivity contribution >= 4 is 29.4 Å². The molecule has 6 nitrogen and oxygen atoms in total. The average Bonchev–Trinajstić information content (AvgIpc) is 2.87. The fraction of sp³-hybridized carbons (Fsp3) is 0.154. The molecule has 3 aromatic carbocycles. The first-order chi connectivity index (χ1) is 16.1. The number of nitrogens with zero attached hydrogens (tertiary/aromatic N) is 1. The minimum atomic E-state index is -0.801. The Morgan fingerprint density at radius 1 is 0.818 bits per heavy atom. The fourth-order valence-corrected chi connectivity index (χ4v) is 4.09. The minimum absolute atomic E-state index is 0.131. The Morgan fingerprint density at radius 3 is 2.03 bits per heavy atom. The zero-order chi connectivity index (χ0) is 23.5. The van der Waals surface area contributed by atoms with Gasteiger partial charge in [0.05, 0.1) is 6.07 Å². The monoisotopic (exact) mass is 457 g/mol. The van der Waals surface area contributed by atoms with E-state index in [0.717, 1.165) is 5.56 Å². The smallest absolute Gasteiger partial charge is 0.251 e. The van der Waals surface area contributed by atoms with Crippen LogP contribution < -0.4 is 10.6 Å². The predicted octanol–water partition coefficient (Wildman–Crippen LogP) is 3.59. The summed E-state index contributed by atoms with van der Waals surface area (Å²) < 4.78 is 0. The van der Waals surface area contributed by atoms with E-state index in [1.54, 1.807) is 48.5 Å². The number of carbonyl (C=O) groups is 3. The second-order valence-electron chi connectivity index (χ2n) is 7.18. The van der Waals surface area contributed by atoms with E-state index in [-0.39, 0.29) is 12.3 Å². The number of nitriles is 1. The lowest BCUT2D eigenvalue weighted by Crippen LogP contribution is -2.48. The van der Waals surface area contributed by atoms with Crippen LogP contribution >= 0.6 is 11.8 Å². The molecule has 0 spiro atoms. The molecular formula is C26H23N3O3S. The van der Waals surface area contributed by atoms with Crippen LogP contribution in [0.1, 0.15) is 31.8 Å². The molecular weight excluding hydrogens is 434 g/mol. The summed E-state index contributed by atoms with van der Waals surface area (Å²) in [4.78, 5) is 37.8. The maximum absolute atomic E-state index is 12.8. The highest BCUT2D eigenvalue weighted by molar-refractivity contribution is 7.98. The van der Waals surface area contributed by atoms with E-state index in [4.69, 9.17) is 5.26 Å². The summed E-state index contributed by atoms with van der Waals surface area (Å²) in [6, 6.07) is 26.1. The van der Waals surface area contributed by atoms with Crippen molar-refractivity contribution in [3.05, 3.63) is 107 Å². The third kappa shape index (κ3) is 7.06. The molecule has 166 valence electrons. The molecule has 1 atom stereocenters. The van der Waals surface area contributed by atoms with E-state index >= 15 is 0 Å². The number of ketones is 1. The average molecular weight is 458 g/mol. The van der Waals surface area contributed by atoms with Gasteiger partial charge in [0.15, 0.2) is 5.78 Å². The Morgan fingerprint density at radius 2 is 1.39 bits per heavy atom. The van der Waals surface area contributed by atoms with Gasteiger partial charge in [0.1, 0.15) is 12.6 Å². The van der Waals surface area contributed by atoms with E-state index in [0.29, 0.717) is 28.2 Å². The van der Waals surface area contributed by atoms with Crippen molar-refractivity contribution in [2.75, 3.05) is 12.3 Å². The quantitative estimate of drug-likeness (QED) is 0.358. The van der Waals surface area contributed by atoms with Gasteiger partial charge in [0.25, 0.3) is 5.91 Å². The van der Waals surface area contributed by atoms with Crippen LogP contribution in [0.25, 0.3) is 0 Å². The molecule has 2 amide bonds. The highest BCUT2D eigenvalue weighted by atomic mass is 32.2. The van der Waals surface area contributed by atoms with Crippen LogP contribution in [-0.2, 0) is 10.5 Å². The minimum Gasteiger partial charge on any atom is -0.341 e. The Balaban J connectivity index is 1.64. The van der Waals surface area contributed by atoms with Crippen LogP contribution in [0.15, 0.2) is 84.9 Å². The van der Waals surface area contributed by atoms with Gasteiger partial charge >= 0.3 is 0 Å². The van der Waals surface area contributed by atoms with Gasteiger partial charge in [-0.3, -0.25) is 14.4 Å². The largest absolute Gasteiger partial charge is 0.341 e. The molecule has 3 aromatic rings. The standard InChI is InChI=1S/C26H23N3O3S/c27-15-16-28-26(32)23(18-33-17-19-7-3-1-4-8-19)29-25(31)22-13-11-21(12-14-22)24(30)20-9-5-2-6-10-20/h1-14,23H,16-18H2,(H,28,32)(H,29,31)/t23-/m0/s1. The molecule has 0 fully saturated rings. The second-order valence-corrected chi connectivity index (χ2v) is 8.21. The van der Waals surface area contributed by atoms with Crippen molar-refractivity contribution < 1.29 is 14.4 Å². The fourth-order valence-electron chi connectivity index (χ4n) is 3.07. The number of amides is 2. The molecule has 7 heteroatoms. The van der Waals surface area contributed by atoms with Gasteiger partial charge in [0.2, 0.25) is 5.91 Å². The first-order valence-electron chi connectivity index (χ1n) is 10.4. The number of carbonyl (C=O) groups excluding carboxylic acids is 3. The van der Waals surface area contributed by atoms with Gasteiger partial charge in [-0.1, -0.05) is 72.8 Å². The molecule has 0 aromatic heterocycles. The van der Waals surface area contributed by atoms with Crippen molar-refractivity contribution in [1.29, 1.82) is 5.26 Å². The Labute approximate surface area is 197 Å². The normalized spacial score (nSPS) is 11.1. The van der Waals surface area contributed by atoms with Gasteiger partial charge in [-0.2, -0.15) is 17.0 Å². The zero-order valence-corrected chi connectivity index (χ0v) is 18.7. The SMILES string of the molecule is N#CCNC(=O)[C@H](CSCc1ccccc1)NC(=O)c1ccc(C(=O)c2ccccc2)cc1. The number of benzene rings is 3. The molecule has 0 aliphatic heterocycles. The molecule has 33 heavy (non-hydrogen) atoms. The van der Waals surface area contributed by atoms with Gasteiger partial charge in [-0.25, -0.2) is 0 Å². The topological polar surface area (TPSA) is 99.1 Å². The molecule has 0 heterocycles. The van der Waals surface area contributed by atoms with Gasteiger partial charge in [0, 0.05) is 28.2 Å². The van der Waals surface area contributed by atoms with Crippen LogP contribution in [-0.4, -0.2) is 35.9 Å². The van der Waals surface area contributed by atoms with Crippen molar-refractivity contribution in [3.63, 3.8) is 0 Å². The third-order valence-corrected chi connectivity index (χ3v) is 5.91. The maximum atomic E-state index is 12.8. The molecule has 0 saturated carbocycles. The van der Waals surface area contributed by atoms with Gasteiger partial charge in [-0.05, 0) is 17.7 Å². The van der Waals surface area contributed by atoms with Gasteiger partial charge < -0.3 is 10.6 Å².